The first-order chi connectivity index (χ1) is 9.11. The maximum absolute atomic E-state index is 5.86. The maximum Gasteiger partial charge on any atom is 0.155 e. The van der Waals surface area contributed by atoms with Crippen molar-refractivity contribution in [3.63, 3.8) is 0 Å². The SMILES string of the molecule is CCc1nc(C)ccc1Oc1cnccc1C(N)=S. The number of ether oxygens (including phenoxy) is 1. The van der Waals surface area contributed by atoms with Gasteiger partial charge in [0.2, 0.25) is 0 Å². The molecule has 0 aliphatic carbocycles. The molecule has 4 nitrogen and oxygen atoms in total. The summed E-state index contributed by atoms with van der Waals surface area (Å²) in [4.78, 5) is 8.78. The minimum Gasteiger partial charge on any atom is -0.453 e. The summed E-state index contributed by atoms with van der Waals surface area (Å²) in [6.07, 6.45) is 4.03. The third-order valence-corrected chi connectivity index (χ3v) is 2.90. The minimum atomic E-state index is 0.288. The zero-order valence-electron chi connectivity index (χ0n) is 10.9. The predicted octanol–water partition coefficient (Wildman–Crippen LogP) is 2.77. The summed E-state index contributed by atoms with van der Waals surface area (Å²) in [6, 6.07) is 5.55. The first-order valence-electron chi connectivity index (χ1n) is 6.00. The van der Waals surface area contributed by atoms with E-state index in [4.69, 9.17) is 22.7 Å². The molecular weight excluding hydrogens is 258 g/mol. The Labute approximate surface area is 117 Å². The fourth-order valence-corrected chi connectivity index (χ4v) is 1.90. The maximum atomic E-state index is 5.86. The van der Waals surface area contributed by atoms with Crippen LogP contribution in [0.4, 0.5) is 0 Å². The summed E-state index contributed by atoms with van der Waals surface area (Å²) in [5, 5.41) is 0. The lowest BCUT2D eigenvalue weighted by atomic mass is 10.2. The Morgan fingerprint density at radius 1 is 1.32 bits per heavy atom. The molecular formula is C14H15N3OS. The molecule has 0 saturated heterocycles. The summed E-state index contributed by atoms with van der Waals surface area (Å²) >= 11 is 5.00. The lowest BCUT2D eigenvalue weighted by Crippen LogP contribution is -2.11. The predicted molar refractivity (Wildman–Crippen MR) is 78.6 cm³/mol. The Morgan fingerprint density at radius 2 is 2.11 bits per heavy atom. The smallest absolute Gasteiger partial charge is 0.155 e. The van der Waals surface area contributed by atoms with Gasteiger partial charge in [0.15, 0.2) is 5.75 Å². The van der Waals surface area contributed by atoms with Crippen LogP contribution in [-0.2, 0) is 6.42 Å². The van der Waals surface area contributed by atoms with Gasteiger partial charge in [-0.25, -0.2) is 0 Å². The van der Waals surface area contributed by atoms with E-state index in [1.54, 1.807) is 18.5 Å². The van der Waals surface area contributed by atoms with Gasteiger partial charge < -0.3 is 10.5 Å². The van der Waals surface area contributed by atoms with Crippen LogP contribution in [0.2, 0.25) is 0 Å². The average molecular weight is 273 g/mol. The van der Waals surface area contributed by atoms with E-state index in [-0.39, 0.29) is 4.99 Å². The van der Waals surface area contributed by atoms with Gasteiger partial charge in [0.1, 0.15) is 10.7 Å². The van der Waals surface area contributed by atoms with Crippen LogP contribution in [0, 0.1) is 6.92 Å². The fourth-order valence-electron chi connectivity index (χ4n) is 1.73. The van der Waals surface area contributed by atoms with E-state index in [0.29, 0.717) is 17.1 Å². The zero-order chi connectivity index (χ0) is 13.8. The molecule has 0 atom stereocenters. The molecule has 2 aromatic heterocycles. The first-order valence-corrected chi connectivity index (χ1v) is 6.40. The number of pyridine rings is 2. The number of aryl methyl sites for hydroxylation is 2. The molecule has 0 aromatic carbocycles. The van der Waals surface area contributed by atoms with Crippen LogP contribution in [0.5, 0.6) is 11.5 Å². The van der Waals surface area contributed by atoms with Crippen molar-refractivity contribution in [2.45, 2.75) is 20.3 Å². The lowest BCUT2D eigenvalue weighted by molar-refractivity contribution is 0.469. The Bertz CT molecular complexity index is 613. The Hall–Kier alpha value is -2.01. The molecule has 19 heavy (non-hydrogen) atoms. The van der Waals surface area contributed by atoms with Gasteiger partial charge in [0.25, 0.3) is 0 Å². The number of hydrogen-bond donors (Lipinski definition) is 1. The van der Waals surface area contributed by atoms with E-state index in [1.165, 1.54) is 0 Å². The van der Waals surface area contributed by atoms with E-state index in [2.05, 4.69) is 9.97 Å². The molecule has 98 valence electrons. The highest BCUT2D eigenvalue weighted by molar-refractivity contribution is 7.80. The van der Waals surface area contributed by atoms with Crippen molar-refractivity contribution in [3.8, 4) is 11.5 Å². The van der Waals surface area contributed by atoms with Gasteiger partial charge in [-0.05, 0) is 31.5 Å². The summed E-state index contributed by atoms with van der Waals surface area (Å²) in [6.45, 7) is 3.99. The highest BCUT2D eigenvalue weighted by Gasteiger charge is 2.10. The normalized spacial score (nSPS) is 10.2. The number of rotatable bonds is 4. The second-order valence-corrected chi connectivity index (χ2v) is 4.53. The van der Waals surface area contributed by atoms with Gasteiger partial charge >= 0.3 is 0 Å². The van der Waals surface area contributed by atoms with Crippen LogP contribution in [0.1, 0.15) is 23.9 Å². The van der Waals surface area contributed by atoms with Crippen molar-refractivity contribution in [3.05, 3.63) is 47.5 Å². The van der Waals surface area contributed by atoms with Gasteiger partial charge in [0.05, 0.1) is 17.5 Å². The topological polar surface area (TPSA) is 61.0 Å². The number of hydrogen-bond acceptors (Lipinski definition) is 4. The van der Waals surface area contributed by atoms with Crippen molar-refractivity contribution in [2.75, 3.05) is 0 Å². The van der Waals surface area contributed by atoms with Crippen molar-refractivity contribution < 1.29 is 4.74 Å². The number of nitrogens with two attached hydrogens (primary N) is 1. The van der Waals surface area contributed by atoms with Crippen LogP contribution >= 0.6 is 12.2 Å². The average Bonchev–Trinajstić information content (AvgIpc) is 2.41. The molecule has 0 spiro atoms. The molecule has 0 radical (unpaired) electrons. The van der Waals surface area contributed by atoms with Crippen LogP contribution in [0.15, 0.2) is 30.6 Å². The van der Waals surface area contributed by atoms with E-state index in [0.717, 1.165) is 17.8 Å². The molecule has 2 aromatic rings. The van der Waals surface area contributed by atoms with Crippen LogP contribution < -0.4 is 10.5 Å². The molecule has 0 amide bonds. The van der Waals surface area contributed by atoms with Crippen molar-refractivity contribution in [1.29, 1.82) is 0 Å². The van der Waals surface area contributed by atoms with Crippen molar-refractivity contribution >= 4 is 17.2 Å². The Morgan fingerprint density at radius 3 is 2.79 bits per heavy atom. The highest BCUT2D eigenvalue weighted by atomic mass is 32.1. The molecule has 0 bridgehead atoms. The number of thiocarbonyl (C=S) groups is 1. The molecule has 2 heterocycles. The zero-order valence-corrected chi connectivity index (χ0v) is 11.7. The van der Waals surface area contributed by atoms with Crippen molar-refractivity contribution in [2.24, 2.45) is 5.73 Å². The molecule has 5 heteroatoms. The lowest BCUT2D eigenvalue weighted by Gasteiger charge is -2.12. The standard InChI is InChI=1S/C14H15N3OS/c1-3-11-12(5-4-9(2)17-11)18-13-8-16-7-6-10(13)14(15)19/h4-8H,3H2,1-2H3,(H2,15,19). The summed E-state index contributed by atoms with van der Waals surface area (Å²) in [5.74, 6) is 1.26. The van der Waals surface area contributed by atoms with Gasteiger partial charge in [0, 0.05) is 11.9 Å². The molecule has 0 saturated carbocycles. The molecule has 0 aliphatic heterocycles. The molecule has 0 aliphatic rings. The molecule has 2 rings (SSSR count). The number of nitrogens with zero attached hydrogens (tertiary/aromatic N) is 2. The Balaban J connectivity index is 2.39. The fraction of sp³-hybridized carbons (Fsp3) is 0.214. The van der Waals surface area contributed by atoms with Gasteiger partial charge in [-0.3, -0.25) is 9.97 Å². The van der Waals surface area contributed by atoms with E-state index in [1.807, 2.05) is 26.0 Å². The molecule has 2 N–H and O–H groups in total. The van der Waals surface area contributed by atoms with Crippen LogP contribution in [-0.4, -0.2) is 15.0 Å². The summed E-state index contributed by atoms with van der Waals surface area (Å²) < 4.78 is 5.86. The largest absolute Gasteiger partial charge is 0.453 e. The second-order valence-electron chi connectivity index (χ2n) is 4.09. The summed E-state index contributed by atoms with van der Waals surface area (Å²) in [7, 11) is 0. The number of aromatic nitrogens is 2. The van der Waals surface area contributed by atoms with Gasteiger partial charge in [-0.1, -0.05) is 19.1 Å². The van der Waals surface area contributed by atoms with Gasteiger partial charge in [-0.15, -0.1) is 0 Å². The monoisotopic (exact) mass is 273 g/mol. The van der Waals surface area contributed by atoms with E-state index < -0.39 is 0 Å². The van der Waals surface area contributed by atoms with Crippen LogP contribution in [0.3, 0.4) is 0 Å². The van der Waals surface area contributed by atoms with Gasteiger partial charge in [-0.2, -0.15) is 0 Å². The summed E-state index contributed by atoms with van der Waals surface area (Å²) in [5.41, 5.74) is 8.21. The first kappa shape index (κ1) is 13.4. The highest BCUT2D eigenvalue weighted by Crippen LogP contribution is 2.27. The third kappa shape index (κ3) is 3.06. The molecule has 0 unspecified atom stereocenters. The quantitative estimate of drug-likeness (QED) is 0.868. The van der Waals surface area contributed by atoms with Crippen molar-refractivity contribution in [1.82, 2.24) is 9.97 Å². The Kier molecular flexibility index (Phi) is 4.06. The van der Waals surface area contributed by atoms with E-state index >= 15 is 0 Å². The third-order valence-electron chi connectivity index (χ3n) is 2.68. The molecule has 0 fully saturated rings. The van der Waals surface area contributed by atoms with E-state index in [9.17, 15) is 0 Å². The second kappa shape index (κ2) is 5.75. The van der Waals surface area contributed by atoms with Crippen LogP contribution in [0.25, 0.3) is 0 Å². The minimum absolute atomic E-state index is 0.288.